The van der Waals surface area contributed by atoms with Crippen molar-refractivity contribution in [2.45, 2.75) is 26.3 Å². The first-order valence-corrected chi connectivity index (χ1v) is 5.98. The molecule has 5 nitrogen and oxygen atoms in total. The summed E-state index contributed by atoms with van der Waals surface area (Å²) in [7, 11) is 0. The molecule has 0 aromatic heterocycles. The lowest BCUT2D eigenvalue weighted by atomic mass is 10.0. The third kappa shape index (κ3) is 5.68. The zero-order valence-corrected chi connectivity index (χ0v) is 10.7. The van der Waals surface area contributed by atoms with Crippen LogP contribution >= 0.6 is 0 Å². The average Bonchev–Trinajstić information content (AvgIpc) is 2.36. The van der Waals surface area contributed by atoms with Crippen molar-refractivity contribution in [3.05, 3.63) is 35.4 Å². The topological polar surface area (TPSA) is 90.2 Å². The van der Waals surface area contributed by atoms with Gasteiger partial charge in [-0.15, -0.1) is 0 Å². The summed E-state index contributed by atoms with van der Waals surface area (Å²) in [5, 5.41) is 20.0. The molecule has 1 aromatic carbocycles. The largest absolute Gasteiger partial charge is 0.481 e. The molecule has 0 heterocycles. The Balaban J connectivity index is 2.37. The number of hydrogen-bond donors (Lipinski definition) is 2. The minimum Gasteiger partial charge on any atom is -0.481 e. The van der Waals surface area contributed by atoms with Crippen LogP contribution in [-0.4, -0.2) is 17.0 Å². The Labute approximate surface area is 111 Å². The molecule has 2 N–H and O–H groups in total. The summed E-state index contributed by atoms with van der Waals surface area (Å²) in [4.78, 5) is 22.0. The summed E-state index contributed by atoms with van der Waals surface area (Å²) in [6, 6.07) is 8.95. The van der Waals surface area contributed by atoms with Crippen LogP contribution in [0.3, 0.4) is 0 Å². The maximum absolute atomic E-state index is 11.6. The Morgan fingerprint density at radius 2 is 1.95 bits per heavy atom. The molecular formula is C14H16N2O3. The van der Waals surface area contributed by atoms with Gasteiger partial charge in [0.25, 0.3) is 0 Å². The van der Waals surface area contributed by atoms with E-state index in [1.54, 1.807) is 31.2 Å². The molecule has 19 heavy (non-hydrogen) atoms. The summed E-state index contributed by atoms with van der Waals surface area (Å²) in [5.74, 6) is -1.25. The van der Waals surface area contributed by atoms with Crippen LogP contribution < -0.4 is 5.32 Å². The van der Waals surface area contributed by atoms with Crippen LogP contribution in [-0.2, 0) is 16.1 Å². The van der Waals surface area contributed by atoms with Crippen molar-refractivity contribution in [2.24, 2.45) is 5.92 Å². The van der Waals surface area contributed by atoms with E-state index >= 15 is 0 Å². The second-order valence-electron chi connectivity index (χ2n) is 4.49. The van der Waals surface area contributed by atoms with Crippen LogP contribution in [0.1, 0.15) is 30.9 Å². The van der Waals surface area contributed by atoms with Gasteiger partial charge >= 0.3 is 5.97 Å². The molecule has 0 aliphatic rings. The zero-order chi connectivity index (χ0) is 14.3. The number of benzene rings is 1. The maximum atomic E-state index is 11.6. The first-order chi connectivity index (χ1) is 9.01. The van der Waals surface area contributed by atoms with Gasteiger partial charge in [0, 0.05) is 19.4 Å². The average molecular weight is 260 g/mol. The fourth-order valence-corrected chi connectivity index (χ4v) is 1.66. The molecular weight excluding hydrogens is 244 g/mol. The molecule has 0 bridgehead atoms. The van der Waals surface area contributed by atoms with Crippen LogP contribution in [0.15, 0.2) is 24.3 Å². The number of aliphatic carboxylic acids is 1. The summed E-state index contributed by atoms with van der Waals surface area (Å²) in [5.41, 5.74) is 1.48. The number of rotatable bonds is 6. The van der Waals surface area contributed by atoms with Gasteiger partial charge in [0.1, 0.15) is 0 Å². The van der Waals surface area contributed by atoms with E-state index in [2.05, 4.69) is 5.32 Å². The lowest BCUT2D eigenvalue weighted by molar-refractivity contribution is -0.138. The minimum absolute atomic E-state index is 0.00964. The molecule has 0 aliphatic carbocycles. The Bertz CT molecular complexity index is 488. The normalized spacial score (nSPS) is 11.4. The van der Waals surface area contributed by atoms with Gasteiger partial charge in [-0.3, -0.25) is 9.59 Å². The van der Waals surface area contributed by atoms with Gasteiger partial charge in [-0.1, -0.05) is 19.1 Å². The highest BCUT2D eigenvalue weighted by Gasteiger charge is 2.12. The number of carbonyl (C=O) groups is 2. The van der Waals surface area contributed by atoms with Crippen molar-refractivity contribution >= 4 is 11.9 Å². The highest BCUT2D eigenvalue weighted by Crippen LogP contribution is 2.08. The minimum atomic E-state index is -0.896. The lowest BCUT2D eigenvalue weighted by Crippen LogP contribution is -2.25. The summed E-state index contributed by atoms with van der Waals surface area (Å²) in [6.45, 7) is 2.11. The van der Waals surface area contributed by atoms with Gasteiger partial charge in [0.2, 0.25) is 5.91 Å². The molecule has 100 valence electrons. The summed E-state index contributed by atoms with van der Waals surface area (Å²) < 4.78 is 0. The molecule has 0 spiro atoms. The van der Waals surface area contributed by atoms with Crippen molar-refractivity contribution in [3.8, 4) is 6.07 Å². The molecule has 0 saturated heterocycles. The van der Waals surface area contributed by atoms with Crippen LogP contribution in [0.25, 0.3) is 0 Å². The van der Waals surface area contributed by atoms with Gasteiger partial charge in [-0.05, 0) is 23.6 Å². The fraction of sp³-hybridized carbons (Fsp3) is 0.357. The molecule has 1 unspecified atom stereocenters. The van der Waals surface area contributed by atoms with E-state index in [4.69, 9.17) is 10.4 Å². The van der Waals surface area contributed by atoms with Crippen molar-refractivity contribution in [1.82, 2.24) is 5.32 Å². The molecule has 0 radical (unpaired) electrons. The van der Waals surface area contributed by atoms with Crippen molar-refractivity contribution in [1.29, 1.82) is 5.26 Å². The lowest BCUT2D eigenvalue weighted by Gasteiger charge is -2.09. The molecule has 1 aromatic rings. The number of amides is 1. The highest BCUT2D eigenvalue weighted by molar-refractivity contribution is 5.77. The van der Waals surface area contributed by atoms with E-state index < -0.39 is 5.97 Å². The number of nitrogens with zero attached hydrogens (tertiary/aromatic N) is 1. The number of carboxylic acids is 1. The Kier molecular flexibility index (Phi) is 5.55. The quantitative estimate of drug-likeness (QED) is 0.814. The molecule has 0 aliphatic heterocycles. The molecule has 1 rings (SSSR count). The molecule has 1 amide bonds. The molecule has 0 fully saturated rings. The Morgan fingerprint density at radius 1 is 1.32 bits per heavy atom. The van der Waals surface area contributed by atoms with Crippen molar-refractivity contribution in [2.75, 3.05) is 0 Å². The number of hydrogen-bond acceptors (Lipinski definition) is 3. The Morgan fingerprint density at radius 3 is 2.47 bits per heavy atom. The van der Waals surface area contributed by atoms with Crippen molar-refractivity contribution < 1.29 is 14.7 Å². The molecule has 1 atom stereocenters. The van der Waals surface area contributed by atoms with Gasteiger partial charge in [-0.2, -0.15) is 5.26 Å². The first kappa shape index (κ1) is 14.7. The van der Waals surface area contributed by atoms with Gasteiger partial charge in [0.15, 0.2) is 0 Å². The van der Waals surface area contributed by atoms with E-state index in [9.17, 15) is 9.59 Å². The number of nitrogens with one attached hydrogen (secondary N) is 1. The van der Waals surface area contributed by atoms with E-state index in [-0.39, 0.29) is 24.7 Å². The third-order valence-electron chi connectivity index (χ3n) is 2.63. The highest BCUT2D eigenvalue weighted by atomic mass is 16.4. The SMILES string of the molecule is CC(CC(=O)O)CC(=O)NCc1ccc(C#N)cc1. The maximum Gasteiger partial charge on any atom is 0.303 e. The number of carboxylic acid groups (broad SMARTS) is 1. The molecule has 5 heteroatoms. The smallest absolute Gasteiger partial charge is 0.303 e. The first-order valence-electron chi connectivity index (χ1n) is 5.98. The third-order valence-corrected chi connectivity index (χ3v) is 2.63. The molecule has 0 saturated carbocycles. The van der Waals surface area contributed by atoms with E-state index in [0.29, 0.717) is 12.1 Å². The zero-order valence-electron chi connectivity index (χ0n) is 10.7. The monoisotopic (exact) mass is 260 g/mol. The summed E-state index contributed by atoms with van der Waals surface area (Å²) >= 11 is 0. The van der Waals surface area contributed by atoms with Crippen LogP contribution in [0.5, 0.6) is 0 Å². The second-order valence-corrected chi connectivity index (χ2v) is 4.49. The van der Waals surface area contributed by atoms with Gasteiger partial charge in [-0.25, -0.2) is 0 Å². The van der Waals surface area contributed by atoms with Crippen molar-refractivity contribution in [3.63, 3.8) is 0 Å². The predicted octanol–water partition coefficient (Wildman–Crippen LogP) is 1.68. The van der Waals surface area contributed by atoms with Crippen LogP contribution in [0.4, 0.5) is 0 Å². The van der Waals surface area contributed by atoms with E-state index in [1.165, 1.54) is 0 Å². The van der Waals surface area contributed by atoms with Crippen LogP contribution in [0.2, 0.25) is 0 Å². The van der Waals surface area contributed by atoms with E-state index in [1.807, 2.05) is 6.07 Å². The standard InChI is InChI=1S/C14H16N2O3/c1-10(7-14(18)19)6-13(17)16-9-12-4-2-11(8-15)3-5-12/h2-5,10H,6-7,9H2,1H3,(H,16,17)(H,18,19). The second kappa shape index (κ2) is 7.17. The van der Waals surface area contributed by atoms with Crippen LogP contribution in [0, 0.1) is 17.2 Å². The predicted molar refractivity (Wildman–Crippen MR) is 69.0 cm³/mol. The van der Waals surface area contributed by atoms with Gasteiger partial charge in [0.05, 0.1) is 11.6 Å². The summed E-state index contributed by atoms with van der Waals surface area (Å²) in [6.07, 6.45) is 0.187. The Hall–Kier alpha value is -2.35. The number of nitriles is 1. The number of carbonyl (C=O) groups excluding carboxylic acids is 1. The fourth-order valence-electron chi connectivity index (χ4n) is 1.66. The van der Waals surface area contributed by atoms with E-state index in [0.717, 1.165) is 5.56 Å². The van der Waals surface area contributed by atoms with Gasteiger partial charge < -0.3 is 10.4 Å².